The third kappa shape index (κ3) is 3.08. The highest BCUT2D eigenvalue weighted by Gasteiger charge is 2.04. The van der Waals surface area contributed by atoms with Crippen LogP contribution in [0.15, 0.2) is 36.4 Å². The number of halogens is 1. The molecule has 0 saturated heterocycles. The lowest BCUT2D eigenvalue weighted by atomic mass is 10.2. The number of aromatic nitrogens is 1. The Labute approximate surface area is 137 Å². The predicted octanol–water partition coefficient (Wildman–Crippen LogP) is 5.14. The van der Waals surface area contributed by atoms with Crippen LogP contribution in [0, 0.1) is 0 Å². The smallest absolute Gasteiger partial charge is 0.161 e. The van der Waals surface area contributed by atoms with E-state index in [2.05, 4.69) is 4.98 Å². The SMILES string of the molecule is COc1ccc(/C=C/c2nc3cc(Cl)ccc3s2)cc1OC. The van der Waals surface area contributed by atoms with Crippen LogP contribution in [0.4, 0.5) is 0 Å². The molecular formula is C17H14ClNO2S. The Hall–Kier alpha value is -2.04. The van der Waals surface area contributed by atoms with E-state index in [9.17, 15) is 0 Å². The molecule has 0 radical (unpaired) electrons. The van der Waals surface area contributed by atoms with Crippen molar-refractivity contribution in [3.8, 4) is 11.5 Å². The monoisotopic (exact) mass is 331 g/mol. The Morgan fingerprint density at radius 2 is 1.82 bits per heavy atom. The van der Waals surface area contributed by atoms with E-state index in [1.165, 1.54) is 0 Å². The minimum atomic E-state index is 0.702. The largest absolute Gasteiger partial charge is 0.493 e. The van der Waals surface area contributed by atoms with Crippen molar-refractivity contribution in [2.45, 2.75) is 0 Å². The van der Waals surface area contributed by atoms with Crippen molar-refractivity contribution in [1.82, 2.24) is 4.98 Å². The second kappa shape index (κ2) is 6.38. The van der Waals surface area contributed by atoms with E-state index in [1.54, 1.807) is 25.6 Å². The van der Waals surface area contributed by atoms with Crippen LogP contribution in [0.5, 0.6) is 11.5 Å². The zero-order chi connectivity index (χ0) is 15.5. The molecule has 0 atom stereocenters. The highest BCUT2D eigenvalue weighted by Crippen LogP contribution is 2.29. The van der Waals surface area contributed by atoms with Gasteiger partial charge in [0, 0.05) is 5.02 Å². The van der Waals surface area contributed by atoms with Gasteiger partial charge in [-0.3, -0.25) is 0 Å². The summed E-state index contributed by atoms with van der Waals surface area (Å²) in [4.78, 5) is 4.56. The third-order valence-electron chi connectivity index (χ3n) is 3.19. The second-order valence-electron chi connectivity index (χ2n) is 4.61. The number of hydrogen-bond acceptors (Lipinski definition) is 4. The molecule has 0 aliphatic rings. The van der Waals surface area contributed by atoms with Crippen LogP contribution in [-0.4, -0.2) is 19.2 Å². The third-order valence-corrected chi connectivity index (χ3v) is 4.43. The van der Waals surface area contributed by atoms with Crippen LogP contribution in [-0.2, 0) is 0 Å². The van der Waals surface area contributed by atoms with E-state index in [4.69, 9.17) is 21.1 Å². The molecule has 0 bridgehead atoms. The number of ether oxygens (including phenoxy) is 2. The molecule has 0 saturated carbocycles. The van der Waals surface area contributed by atoms with Crippen LogP contribution in [0.1, 0.15) is 10.6 Å². The van der Waals surface area contributed by atoms with E-state index in [-0.39, 0.29) is 0 Å². The second-order valence-corrected chi connectivity index (χ2v) is 6.11. The van der Waals surface area contributed by atoms with Gasteiger partial charge in [-0.25, -0.2) is 4.98 Å². The van der Waals surface area contributed by atoms with Gasteiger partial charge in [-0.05, 0) is 42.0 Å². The predicted molar refractivity (Wildman–Crippen MR) is 93.1 cm³/mol. The average molecular weight is 332 g/mol. The van der Waals surface area contributed by atoms with Crippen molar-refractivity contribution in [3.63, 3.8) is 0 Å². The topological polar surface area (TPSA) is 31.4 Å². The van der Waals surface area contributed by atoms with E-state index < -0.39 is 0 Å². The van der Waals surface area contributed by atoms with Gasteiger partial charge in [0.15, 0.2) is 11.5 Å². The molecule has 1 aromatic heterocycles. The van der Waals surface area contributed by atoms with Gasteiger partial charge in [-0.1, -0.05) is 23.7 Å². The molecular weight excluding hydrogens is 318 g/mol. The number of fused-ring (bicyclic) bond motifs is 1. The number of hydrogen-bond donors (Lipinski definition) is 0. The highest BCUT2D eigenvalue weighted by molar-refractivity contribution is 7.19. The van der Waals surface area contributed by atoms with Crippen molar-refractivity contribution in [3.05, 3.63) is 52.0 Å². The zero-order valence-corrected chi connectivity index (χ0v) is 13.7. The number of nitrogens with zero attached hydrogens (tertiary/aromatic N) is 1. The number of methoxy groups -OCH3 is 2. The van der Waals surface area contributed by atoms with Crippen LogP contribution < -0.4 is 9.47 Å². The van der Waals surface area contributed by atoms with Crippen LogP contribution in [0.3, 0.4) is 0 Å². The summed E-state index contributed by atoms with van der Waals surface area (Å²) >= 11 is 7.61. The molecule has 0 unspecified atom stereocenters. The average Bonchev–Trinajstić information content (AvgIpc) is 2.94. The molecule has 1 heterocycles. The molecule has 3 aromatic rings. The lowest BCUT2D eigenvalue weighted by molar-refractivity contribution is 0.355. The van der Waals surface area contributed by atoms with E-state index in [0.717, 1.165) is 20.8 Å². The molecule has 0 fully saturated rings. The van der Waals surface area contributed by atoms with Crippen LogP contribution in [0.25, 0.3) is 22.4 Å². The highest BCUT2D eigenvalue weighted by atomic mass is 35.5. The standard InChI is InChI=1S/C17H14ClNO2S/c1-20-14-6-3-11(9-15(14)21-2)4-8-17-19-13-10-12(18)5-7-16(13)22-17/h3-10H,1-2H3/b8-4+. The number of thiazole rings is 1. The van der Waals surface area contributed by atoms with E-state index in [1.807, 2.05) is 48.6 Å². The van der Waals surface area contributed by atoms with Gasteiger partial charge >= 0.3 is 0 Å². The van der Waals surface area contributed by atoms with Gasteiger partial charge in [0.05, 0.1) is 24.4 Å². The molecule has 0 aliphatic carbocycles. The normalized spacial score (nSPS) is 11.2. The molecule has 0 spiro atoms. The first-order chi connectivity index (χ1) is 10.7. The first kappa shape index (κ1) is 14.9. The molecule has 5 heteroatoms. The van der Waals surface area contributed by atoms with Crippen molar-refractivity contribution in [2.24, 2.45) is 0 Å². The molecule has 3 rings (SSSR count). The quantitative estimate of drug-likeness (QED) is 0.663. The first-order valence-corrected chi connectivity index (χ1v) is 7.85. The summed E-state index contributed by atoms with van der Waals surface area (Å²) in [6.07, 6.45) is 3.99. The van der Waals surface area contributed by atoms with Gasteiger partial charge in [0.1, 0.15) is 5.01 Å². The van der Waals surface area contributed by atoms with Gasteiger partial charge in [0.2, 0.25) is 0 Å². The van der Waals surface area contributed by atoms with Gasteiger partial charge in [-0.15, -0.1) is 11.3 Å². The maximum absolute atomic E-state index is 5.98. The fourth-order valence-corrected chi connectivity index (χ4v) is 3.13. The van der Waals surface area contributed by atoms with Crippen molar-refractivity contribution >= 4 is 45.3 Å². The summed E-state index contributed by atoms with van der Waals surface area (Å²) in [6.45, 7) is 0. The molecule has 0 amide bonds. The van der Waals surface area contributed by atoms with Crippen molar-refractivity contribution in [2.75, 3.05) is 14.2 Å². The molecule has 112 valence electrons. The summed E-state index contributed by atoms with van der Waals surface area (Å²) < 4.78 is 11.7. The molecule has 3 nitrogen and oxygen atoms in total. The Kier molecular flexibility index (Phi) is 4.32. The maximum atomic E-state index is 5.98. The lowest BCUT2D eigenvalue weighted by Crippen LogP contribution is -1.90. The minimum absolute atomic E-state index is 0.702. The van der Waals surface area contributed by atoms with Gasteiger partial charge in [-0.2, -0.15) is 0 Å². The lowest BCUT2D eigenvalue weighted by Gasteiger charge is -2.07. The Morgan fingerprint density at radius 3 is 2.59 bits per heavy atom. The Balaban J connectivity index is 1.89. The Bertz CT molecular complexity index is 842. The zero-order valence-electron chi connectivity index (χ0n) is 12.2. The number of rotatable bonds is 4. The summed E-state index contributed by atoms with van der Waals surface area (Å²) in [5.74, 6) is 1.43. The molecule has 2 aromatic carbocycles. The fourth-order valence-electron chi connectivity index (χ4n) is 2.11. The van der Waals surface area contributed by atoms with E-state index >= 15 is 0 Å². The fraction of sp³-hybridized carbons (Fsp3) is 0.118. The summed E-state index contributed by atoms with van der Waals surface area (Å²) in [7, 11) is 3.25. The van der Waals surface area contributed by atoms with E-state index in [0.29, 0.717) is 16.5 Å². The van der Waals surface area contributed by atoms with Gasteiger partial charge in [0.25, 0.3) is 0 Å². The molecule has 22 heavy (non-hydrogen) atoms. The van der Waals surface area contributed by atoms with Crippen molar-refractivity contribution < 1.29 is 9.47 Å². The van der Waals surface area contributed by atoms with Crippen LogP contribution in [0.2, 0.25) is 5.02 Å². The maximum Gasteiger partial charge on any atom is 0.161 e. The molecule has 0 N–H and O–H groups in total. The summed E-state index contributed by atoms with van der Waals surface area (Å²) in [5, 5.41) is 1.64. The van der Waals surface area contributed by atoms with Crippen molar-refractivity contribution in [1.29, 1.82) is 0 Å². The minimum Gasteiger partial charge on any atom is -0.493 e. The summed E-state index contributed by atoms with van der Waals surface area (Å²) in [6, 6.07) is 11.5. The number of benzene rings is 2. The molecule has 0 aliphatic heterocycles. The van der Waals surface area contributed by atoms with Crippen LogP contribution >= 0.6 is 22.9 Å². The Morgan fingerprint density at radius 1 is 1.00 bits per heavy atom. The summed E-state index contributed by atoms with van der Waals surface area (Å²) in [5.41, 5.74) is 1.94. The first-order valence-electron chi connectivity index (χ1n) is 6.66. The van der Waals surface area contributed by atoms with Gasteiger partial charge < -0.3 is 9.47 Å².